The third-order valence-corrected chi connectivity index (χ3v) is 22.7. The number of Topliss-reactive ketones (excluding diaryl/α,β-unsaturated/α-hetero) is 2. The lowest BCUT2D eigenvalue weighted by molar-refractivity contribution is -0.155. The van der Waals surface area contributed by atoms with Gasteiger partial charge in [0.2, 0.25) is 59.7 Å². The number of nitrogens with one attached hydrogen (secondary N) is 6. The number of hydrogen-bond acceptors (Lipinski definition) is 34. The van der Waals surface area contributed by atoms with Gasteiger partial charge in [0, 0.05) is 75.5 Å². The van der Waals surface area contributed by atoms with Crippen LogP contribution in [0.25, 0.3) is 10.9 Å². The number of anilines is 1. The molecule has 44 nitrogen and oxygen atoms in total. The molecule has 8 aliphatic rings. The standard InChI is InChI=1S/C34H51F2N5O10.C27H37F2N5O10.C26H28N6O8/c1-19(37-28(46)21(18-49-32(3,4)5)16-22(43)11-12-26(44)51-33(6,7)8)30(48)41-14-9-10-23(41)29(47)39-25-13-15-40(20(2)38-25)31-34(35,36)27(45)24(17-42)50-31;1-14(30-23(40)16(12-35)11-17(37)6-7-21(38)43-3)25(42)34-9-4-5-18(34)24(41)32-20-8-10-33(15(2)31-20)26-27(28,29)22(39)19(13-36)44-26;33-13-18-21(35)22(36)25(40-18)32-11-8-19(30-26(32)39)29-24(38)17-6-3-10-31(17)20(34)12-28-23(37)15-7-9-27-16-5-2-1-4-14(15)16/h13,15,19,21,23-24,27,31,42,45H,2,9-12,14,16-18H2,1,3-8H3,(H,37,46)(H,38,39,47);8,10,14,16,18-19,22,26,35-36,39H,2,4-7,9,11-13H2,1,3H3,(H,30,40)(H,31,32,41);1-2,4-5,7-9,11,17-18,21-22,25,33,35-36H,3,6,10,12-13H2,(H,28,37)(H,29,30,38,39)/t19-,21+,23+,24?,27?,31?;14-,16+,18+,19?,22?,26?;17-,18+,21+,22-,25?/m110/s1. The number of nitrogens with zero attached hydrogens (tertiary/aromatic N) is 10. The highest BCUT2D eigenvalue weighted by Crippen LogP contribution is 2.42. The van der Waals surface area contributed by atoms with Crippen LogP contribution in [0.4, 0.5) is 23.4 Å². The van der Waals surface area contributed by atoms with Crippen LogP contribution < -0.4 is 37.6 Å². The summed E-state index contributed by atoms with van der Waals surface area (Å²) in [5.74, 6) is -17.3. The molecule has 0 spiro atoms. The maximum atomic E-state index is 14.6. The first-order valence-electron chi connectivity index (χ1n) is 43.5. The van der Waals surface area contributed by atoms with E-state index in [0.717, 1.165) is 26.8 Å². The summed E-state index contributed by atoms with van der Waals surface area (Å²) in [6.45, 7) is 18.1. The maximum Gasteiger partial charge on any atom is 0.351 e. The number of aliphatic imine (C=N–C) groups is 2. The molecule has 6 saturated heterocycles. The minimum Gasteiger partial charge on any atom is -0.469 e. The number of methoxy groups -OCH3 is 1. The van der Waals surface area contributed by atoms with E-state index in [0.29, 0.717) is 61.5 Å². The van der Waals surface area contributed by atoms with E-state index in [-0.39, 0.29) is 99.7 Å². The molecule has 0 radical (unpaired) electrons. The fourth-order valence-electron chi connectivity index (χ4n) is 15.6. The monoisotopic (exact) mass is 1910 g/mol. The Hall–Kier alpha value is -11.8. The number of fused-ring (bicyclic) bond motifs is 1. The largest absolute Gasteiger partial charge is 0.469 e. The van der Waals surface area contributed by atoms with E-state index in [1.165, 1.54) is 66.3 Å². The molecular weight excluding hydrogens is 1790 g/mol. The predicted octanol–water partition coefficient (Wildman–Crippen LogP) is -1.18. The second-order valence-electron chi connectivity index (χ2n) is 34.9. The number of halogens is 4. The van der Waals surface area contributed by atoms with Crippen molar-refractivity contribution in [2.24, 2.45) is 21.8 Å². The first kappa shape index (κ1) is 107. The number of amides is 9. The van der Waals surface area contributed by atoms with Crippen molar-refractivity contribution in [2.45, 2.75) is 247 Å². The van der Waals surface area contributed by atoms with E-state index >= 15 is 0 Å². The second-order valence-corrected chi connectivity index (χ2v) is 34.9. The number of aliphatic hydroxyl groups is 8. The van der Waals surface area contributed by atoms with Gasteiger partial charge in [-0.25, -0.2) is 14.8 Å². The van der Waals surface area contributed by atoms with Gasteiger partial charge in [-0.15, -0.1) is 0 Å². The highest BCUT2D eigenvalue weighted by atomic mass is 19.3. The van der Waals surface area contributed by atoms with Crippen molar-refractivity contribution < 1.29 is 149 Å². The Bertz CT molecular complexity index is 5080. The summed E-state index contributed by atoms with van der Waals surface area (Å²) in [5, 5.41) is 93.0. The van der Waals surface area contributed by atoms with Gasteiger partial charge in [-0.3, -0.25) is 71.9 Å². The molecule has 10 heterocycles. The molecule has 135 heavy (non-hydrogen) atoms. The third kappa shape index (κ3) is 27.3. The number of rotatable bonds is 32. The number of ketones is 2. The summed E-state index contributed by atoms with van der Waals surface area (Å²) in [6, 6.07) is 5.15. The van der Waals surface area contributed by atoms with E-state index in [1.54, 1.807) is 65.8 Å². The summed E-state index contributed by atoms with van der Waals surface area (Å²) in [5.41, 5.74) is -1.16. The fraction of sp³-hybridized carbons (Fsp3) is 0.586. The molecule has 3 aromatic rings. The minimum absolute atomic E-state index is 0.0412. The number of esters is 2. The van der Waals surface area contributed by atoms with Gasteiger partial charge in [0.1, 0.15) is 107 Å². The Labute approximate surface area is 771 Å². The predicted molar refractivity (Wildman–Crippen MR) is 464 cm³/mol. The van der Waals surface area contributed by atoms with E-state index in [9.17, 15) is 126 Å². The number of amidine groups is 2. The van der Waals surface area contributed by atoms with Crippen LogP contribution in [-0.4, -0.2) is 343 Å². The van der Waals surface area contributed by atoms with Crippen LogP contribution in [0.5, 0.6) is 0 Å². The van der Waals surface area contributed by atoms with Gasteiger partial charge in [-0.2, -0.15) is 22.5 Å². The maximum absolute atomic E-state index is 14.6. The molecule has 17 atom stereocenters. The van der Waals surface area contributed by atoms with Crippen LogP contribution in [0, 0.1) is 11.8 Å². The van der Waals surface area contributed by atoms with Crippen molar-refractivity contribution >= 4 is 105 Å². The van der Waals surface area contributed by atoms with Crippen LogP contribution in [0.1, 0.15) is 149 Å². The van der Waals surface area contributed by atoms with Crippen LogP contribution in [-0.2, 0) is 86.0 Å². The van der Waals surface area contributed by atoms with Gasteiger partial charge in [0.25, 0.3) is 5.91 Å². The smallest absolute Gasteiger partial charge is 0.351 e. The van der Waals surface area contributed by atoms with Gasteiger partial charge in [-0.1, -0.05) is 31.4 Å². The molecule has 8 aliphatic heterocycles. The first-order chi connectivity index (χ1) is 63.6. The van der Waals surface area contributed by atoms with Crippen LogP contribution >= 0.6 is 0 Å². The zero-order valence-corrected chi connectivity index (χ0v) is 75.7. The van der Waals surface area contributed by atoms with E-state index < -0.39 is 230 Å². The van der Waals surface area contributed by atoms with Crippen molar-refractivity contribution in [3.8, 4) is 0 Å². The highest BCUT2D eigenvalue weighted by Gasteiger charge is 2.62. The first-order valence-corrected chi connectivity index (χ1v) is 43.5. The molecule has 740 valence electrons. The number of para-hydroxylation sites is 1. The number of pyridine rings is 1. The number of ether oxygens (including phenoxy) is 6. The van der Waals surface area contributed by atoms with Gasteiger partial charge >= 0.3 is 29.5 Å². The second kappa shape index (κ2) is 46.6. The number of aromatic nitrogens is 3. The van der Waals surface area contributed by atoms with E-state index in [1.807, 2.05) is 6.07 Å². The van der Waals surface area contributed by atoms with Gasteiger partial charge < -0.3 is 126 Å². The van der Waals surface area contributed by atoms with Gasteiger partial charge in [0.05, 0.1) is 88.0 Å². The number of hydrogen-bond donors (Lipinski definition) is 14. The van der Waals surface area contributed by atoms with Crippen molar-refractivity contribution in [2.75, 3.05) is 71.6 Å². The van der Waals surface area contributed by atoms with Crippen LogP contribution in [0.2, 0.25) is 0 Å². The number of benzene rings is 1. The quantitative estimate of drug-likeness (QED) is 0.0258. The molecule has 11 rings (SSSR count). The van der Waals surface area contributed by atoms with Gasteiger partial charge in [0.15, 0.2) is 18.4 Å². The SMILES string of the molecule is C=C1N=C(NC(=O)[C@@H]2CCCN2C(=O)[C@@H](C)NC(=O)[C@H](CO)CC(=O)CCC(=O)OC)C=CN1C1OC(CO)C(O)C1(F)F.C=C1N=C(NC(=O)[C@@H]2CCCN2C(=O)[C@@H](C)NC(=O)[C@H](COC(C)(C)C)CC(=O)CCC(=O)OC(C)(C)C)C=CN1C1OC(CO)C(O)C1(F)F.O=C(NCC(=O)N1CCC[C@H]1C(=O)Nc1ccn(C2O[C@H](CO)[C@@H](O)[C@@H]2O)c(=O)n1)c1ccnc2ccccc12. The molecule has 9 amide bonds. The summed E-state index contributed by atoms with van der Waals surface area (Å²) in [6.07, 6.45) is -7.93. The van der Waals surface area contributed by atoms with Gasteiger partial charge in [-0.05, 0) is 124 Å². The normalized spacial score (nSPS) is 24.8. The lowest BCUT2D eigenvalue weighted by Gasteiger charge is -2.32. The molecule has 14 N–H and O–H groups in total. The Morgan fingerprint density at radius 2 is 1.07 bits per heavy atom. The number of carbonyl (C=O) groups is 13. The zero-order valence-electron chi connectivity index (χ0n) is 75.7. The van der Waals surface area contributed by atoms with E-state index in [2.05, 4.69) is 69.7 Å². The Kier molecular flexibility index (Phi) is 36.9. The van der Waals surface area contributed by atoms with Crippen molar-refractivity contribution in [1.29, 1.82) is 0 Å². The topological polar surface area (TPSA) is 600 Å². The molecule has 7 unspecified atom stereocenters. The number of aliphatic hydroxyl groups excluding tert-OH is 8. The van der Waals surface area contributed by atoms with Crippen LogP contribution in [0.15, 0.2) is 113 Å². The Morgan fingerprint density at radius 3 is 1.53 bits per heavy atom. The average molecular weight is 1910 g/mol. The van der Waals surface area contributed by atoms with Crippen LogP contribution in [0.3, 0.4) is 0 Å². The number of alkyl halides is 4. The molecule has 48 heteroatoms. The summed E-state index contributed by atoms with van der Waals surface area (Å²) in [7, 11) is 1.18. The lowest BCUT2D eigenvalue weighted by Crippen LogP contribution is -2.54. The zero-order chi connectivity index (χ0) is 99.6. The molecule has 0 aliphatic carbocycles. The highest BCUT2D eigenvalue weighted by molar-refractivity contribution is 6.09. The molecule has 2 aromatic heterocycles. The van der Waals surface area contributed by atoms with E-state index in [4.69, 9.17) is 23.7 Å². The Balaban J connectivity index is 0.000000229. The Morgan fingerprint density at radius 1 is 0.593 bits per heavy atom. The summed E-state index contributed by atoms with van der Waals surface area (Å²) < 4.78 is 90.4. The fourth-order valence-corrected chi connectivity index (χ4v) is 15.6. The van der Waals surface area contributed by atoms with Crippen molar-refractivity contribution in [3.63, 3.8) is 0 Å². The third-order valence-electron chi connectivity index (χ3n) is 22.7. The molecule has 0 bridgehead atoms. The van der Waals surface area contributed by atoms with Crippen molar-refractivity contribution in [3.05, 3.63) is 114 Å². The summed E-state index contributed by atoms with van der Waals surface area (Å²) in [4.78, 5) is 200. The number of likely N-dealkylation sites (tertiary alicyclic amines) is 3. The molecule has 1 aromatic carbocycles. The molecular formula is C87H116F4N16O28. The molecule has 6 fully saturated rings. The lowest BCUT2D eigenvalue weighted by atomic mass is 9.99. The van der Waals surface area contributed by atoms with Crippen molar-refractivity contribution in [1.82, 2.24) is 65.6 Å². The minimum atomic E-state index is -3.76. The summed E-state index contributed by atoms with van der Waals surface area (Å²) >= 11 is 0. The molecule has 0 saturated carbocycles. The average Bonchev–Trinajstić information content (AvgIpc) is 1.62. The number of carbonyl (C=O) groups excluding carboxylic acids is 13.